The van der Waals surface area contributed by atoms with Crippen molar-refractivity contribution in [1.82, 2.24) is 14.5 Å². The number of piperidine rings is 2. The van der Waals surface area contributed by atoms with Gasteiger partial charge in [-0.05, 0) is 93.1 Å². The van der Waals surface area contributed by atoms with E-state index in [-0.39, 0.29) is 6.04 Å². The van der Waals surface area contributed by atoms with Crippen LogP contribution >= 0.6 is 7.60 Å². The van der Waals surface area contributed by atoms with Gasteiger partial charge >= 0.3 is 7.60 Å². The standard InChI is InChI=1S/C27H36N3O4P/c1-15-16-9-17-10-18(25(15)17)12-21(11-16)29-19-5-4-6-20(29)14-22(13-19)30-24-8-3-2-7-23(24)28-26(27(30)31)35(32,33)34/h2-3,7-8,15-22,25H,4-6,9-14H2,1H3,(H2,32,33,34). The minimum atomic E-state index is -4.77. The number of aromatic nitrogens is 2. The molecule has 8 heteroatoms. The van der Waals surface area contributed by atoms with Crippen molar-refractivity contribution in [2.24, 2.45) is 29.6 Å². The highest BCUT2D eigenvalue weighted by Crippen LogP contribution is 2.62. The molecule has 0 amide bonds. The van der Waals surface area contributed by atoms with Gasteiger partial charge in [0.25, 0.3) is 5.56 Å². The van der Waals surface area contributed by atoms with Gasteiger partial charge < -0.3 is 14.4 Å². The molecule has 4 bridgehead atoms. The molecule has 0 spiro atoms. The first-order chi connectivity index (χ1) is 16.8. The van der Waals surface area contributed by atoms with Gasteiger partial charge in [-0.2, -0.15) is 0 Å². The zero-order valence-electron chi connectivity index (χ0n) is 20.4. The lowest BCUT2D eigenvalue weighted by molar-refractivity contribution is -0.0441. The molecular weight excluding hydrogens is 461 g/mol. The van der Waals surface area contributed by atoms with Crippen LogP contribution < -0.4 is 11.0 Å². The van der Waals surface area contributed by atoms with Crippen molar-refractivity contribution < 1.29 is 14.4 Å². The fourth-order valence-electron chi connectivity index (χ4n) is 9.41. The summed E-state index contributed by atoms with van der Waals surface area (Å²) in [5, 5.41) is 0. The molecule has 2 aromatic rings. The summed E-state index contributed by atoms with van der Waals surface area (Å²) in [4.78, 5) is 40.2. The number of fused-ring (bicyclic) bond motifs is 4. The van der Waals surface area contributed by atoms with Crippen molar-refractivity contribution in [3.8, 4) is 0 Å². The van der Waals surface area contributed by atoms with Crippen molar-refractivity contribution in [2.75, 3.05) is 0 Å². The van der Waals surface area contributed by atoms with Crippen LogP contribution in [0.2, 0.25) is 0 Å². The topological polar surface area (TPSA) is 95.7 Å². The SMILES string of the molecule is CC1C2CC3CC(CC(N4C5CCCC4CC(n4c(=O)c(P(=O)(O)O)nc6ccccc64)C5)C2)C31. The van der Waals surface area contributed by atoms with Crippen LogP contribution in [0.25, 0.3) is 11.0 Å². The molecule has 1 aromatic carbocycles. The summed E-state index contributed by atoms with van der Waals surface area (Å²) in [5.74, 6) is 4.63. The molecule has 0 radical (unpaired) electrons. The summed E-state index contributed by atoms with van der Waals surface area (Å²) >= 11 is 0. The van der Waals surface area contributed by atoms with Crippen LogP contribution in [-0.4, -0.2) is 42.4 Å². The Morgan fingerprint density at radius 2 is 1.54 bits per heavy atom. The Balaban J connectivity index is 1.24. The summed E-state index contributed by atoms with van der Waals surface area (Å²) in [5.41, 5.74) is -0.0644. The number of hydrogen-bond donors (Lipinski definition) is 2. The van der Waals surface area contributed by atoms with Crippen molar-refractivity contribution >= 4 is 24.1 Å². The van der Waals surface area contributed by atoms with E-state index in [1.807, 2.05) is 12.1 Å². The molecule has 2 N–H and O–H groups in total. The molecule has 8 atom stereocenters. The number of nitrogens with zero attached hydrogens (tertiary/aromatic N) is 3. The Morgan fingerprint density at radius 1 is 0.886 bits per heavy atom. The Morgan fingerprint density at radius 3 is 2.29 bits per heavy atom. The summed E-state index contributed by atoms with van der Waals surface area (Å²) < 4.78 is 13.8. The molecular formula is C27H36N3O4P. The molecule has 1 aromatic heterocycles. The average Bonchev–Trinajstić information content (AvgIpc) is 2.94. The maximum absolute atomic E-state index is 13.4. The van der Waals surface area contributed by atoms with Gasteiger partial charge in [0.2, 0.25) is 5.44 Å². The number of benzene rings is 1. The van der Waals surface area contributed by atoms with Crippen LogP contribution in [0.3, 0.4) is 0 Å². The Labute approximate surface area is 206 Å². The molecule has 3 heterocycles. The van der Waals surface area contributed by atoms with Crippen LogP contribution in [0.1, 0.15) is 70.8 Å². The van der Waals surface area contributed by atoms with Crippen molar-refractivity contribution in [2.45, 2.75) is 88.9 Å². The first-order valence-electron chi connectivity index (χ1n) is 13.6. The molecule has 2 aliphatic heterocycles. The highest BCUT2D eigenvalue weighted by molar-refractivity contribution is 7.59. The predicted octanol–water partition coefficient (Wildman–Crippen LogP) is 3.83. The van der Waals surface area contributed by atoms with Gasteiger partial charge in [0.05, 0.1) is 11.0 Å². The van der Waals surface area contributed by atoms with Gasteiger partial charge in [0.1, 0.15) is 0 Å². The molecule has 3 saturated carbocycles. The van der Waals surface area contributed by atoms with Gasteiger partial charge in [0.15, 0.2) is 0 Å². The third-order valence-corrected chi connectivity index (χ3v) is 11.5. The zero-order chi connectivity index (χ0) is 24.1. The summed E-state index contributed by atoms with van der Waals surface area (Å²) in [6.45, 7) is 2.51. The quantitative estimate of drug-likeness (QED) is 0.626. The predicted molar refractivity (Wildman–Crippen MR) is 135 cm³/mol. The van der Waals surface area contributed by atoms with E-state index in [0.717, 1.165) is 55.3 Å². The average molecular weight is 498 g/mol. The van der Waals surface area contributed by atoms with E-state index in [9.17, 15) is 19.1 Å². The molecule has 2 saturated heterocycles. The minimum absolute atomic E-state index is 0.0542. The van der Waals surface area contributed by atoms with Crippen molar-refractivity contribution in [3.05, 3.63) is 34.6 Å². The molecule has 188 valence electrons. The fourth-order valence-corrected chi connectivity index (χ4v) is 10.0. The van der Waals surface area contributed by atoms with Crippen LogP contribution in [0.5, 0.6) is 0 Å². The second kappa shape index (κ2) is 7.98. The van der Waals surface area contributed by atoms with Crippen molar-refractivity contribution in [1.29, 1.82) is 0 Å². The molecule has 8 unspecified atom stereocenters. The fraction of sp³-hybridized carbons (Fsp3) is 0.704. The van der Waals surface area contributed by atoms with E-state index in [2.05, 4.69) is 16.8 Å². The van der Waals surface area contributed by atoms with Crippen LogP contribution in [0.15, 0.2) is 29.1 Å². The van der Waals surface area contributed by atoms with E-state index >= 15 is 0 Å². The second-order valence-electron chi connectivity index (χ2n) is 12.3. The molecule has 5 aliphatic rings. The van der Waals surface area contributed by atoms with E-state index in [4.69, 9.17) is 0 Å². The summed E-state index contributed by atoms with van der Waals surface area (Å²) in [6, 6.07) is 8.78. The molecule has 7 rings (SSSR count). The lowest BCUT2D eigenvalue weighted by Crippen LogP contribution is -2.58. The van der Waals surface area contributed by atoms with Gasteiger partial charge in [-0.3, -0.25) is 14.3 Å². The highest BCUT2D eigenvalue weighted by Gasteiger charge is 2.56. The smallest absolute Gasteiger partial charge is 0.320 e. The van der Waals surface area contributed by atoms with Crippen LogP contribution in [-0.2, 0) is 4.57 Å². The monoisotopic (exact) mass is 497 g/mol. The lowest BCUT2D eigenvalue weighted by Gasteiger charge is -2.54. The van der Waals surface area contributed by atoms with Gasteiger partial charge in [-0.15, -0.1) is 0 Å². The number of rotatable bonds is 3. The zero-order valence-corrected chi connectivity index (χ0v) is 21.3. The van der Waals surface area contributed by atoms with Crippen LogP contribution in [0.4, 0.5) is 0 Å². The maximum Gasteiger partial charge on any atom is 0.380 e. The molecule has 5 fully saturated rings. The third kappa shape index (κ3) is 3.45. The molecule has 7 nitrogen and oxygen atoms in total. The minimum Gasteiger partial charge on any atom is -0.320 e. The second-order valence-corrected chi connectivity index (χ2v) is 13.8. The van der Waals surface area contributed by atoms with E-state index in [1.54, 1.807) is 16.7 Å². The summed E-state index contributed by atoms with van der Waals surface area (Å²) in [6.07, 6.45) is 10.9. The van der Waals surface area contributed by atoms with Gasteiger partial charge in [0, 0.05) is 24.2 Å². The van der Waals surface area contributed by atoms with Crippen molar-refractivity contribution in [3.63, 3.8) is 0 Å². The Kier molecular flexibility index (Phi) is 5.17. The first kappa shape index (κ1) is 22.7. The highest BCUT2D eigenvalue weighted by atomic mass is 31.2. The van der Waals surface area contributed by atoms with Crippen LogP contribution in [0, 0.1) is 29.6 Å². The molecule has 35 heavy (non-hydrogen) atoms. The third-order valence-electron chi connectivity index (χ3n) is 10.6. The van der Waals surface area contributed by atoms with E-state index in [1.165, 1.54) is 32.1 Å². The lowest BCUT2D eigenvalue weighted by atomic mass is 9.62. The Hall–Kier alpha value is -1.53. The number of hydrogen-bond acceptors (Lipinski definition) is 4. The van der Waals surface area contributed by atoms with E-state index < -0.39 is 18.6 Å². The van der Waals surface area contributed by atoms with Gasteiger partial charge in [-0.1, -0.05) is 25.5 Å². The van der Waals surface area contributed by atoms with Gasteiger partial charge in [-0.25, -0.2) is 4.98 Å². The largest absolute Gasteiger partial charge is 0.380 e. The Bertz CT molecular complexity index is 1260. The molecule has 3 aliphatic carbocycles. The maximum atomic E-state index is 13.4. The van der Waals surface area contributed by atoms with E-state index in [0.29, 0.717) is 29.2 Å². The number of para-hydroxylation sites is 2. The summed E-state index contributed by atoms with van der Waals surface area (Å²) in [7, 11) is -4.77. The normalized spacial score (nSPS) is 40.9. The first-order valence-corrected chi connectivity index (χ1v) is 15.3.